The molecular weight excluding hydrogens is 116 g/mol. The van der Waals surface area contributed by atoms with Gasteiger partial charge in [0.15, 0.2) is 0 Å². The van der Waals surface area contributed by atoms with Crippen LogP contribution in [0.3, 0.4) is 0 Å². The summed E-state index contributed by atoms with van der Waals surface area (Å²) in [6.07, 6.45) is 4.32. The Balaban J connectivity index is 2.48. The fourth-order valence-electron chi connectivity index (χ4n) is 0.560. The van der Waals surface area contributed by atoms with Crippen LogP contribution in [0.15, 0.2) is 6.20 Å². The van der Waals surface area contributed by atoms with Gasteiger partial charge >= 0.3 is 0 Å². The average Bonchev–Trinajstić information content (AvgIpc) is 2.15. The van der Waals surface area contributed by atoms with Gasteiger partial charge in [-0.25, -0.2) is 4.68 Å². The van der Waals surface area contributed by atoms with E-state index in [4.69, 9.17) is 0 Å². The molecule has 1 rings (SSSR count). The van der Waals surface area contributed by atoms with Gasteiger partial charge in [-0.05, 0) is 14.1 Å². The summed E-state index contributed by atoms with van der Waals surface area (Å²) in [6.45, 7) is 0.760. The molecule has 0 spiro atoms. The van der Waals surface area contributed by atoms with Crippen LogP contribution < -0.4 is 0 Å². The van der Waals surface area contributed by atoms with Crippen molar-refractivity contribution in [1.29, 1.82) is 0 Å². The molecule has 0 saturated carbocycles. The highest BCUT2D eigenvalue weighted by Crippen LogP contribution is 1.81. The van der Waals surface area contributed by atoms with Crippen molar-refractivity contribution in [2.75, 3.05) is 14.1 Å². The van der Waals surface area contributed by atoms with E-state index in [1.165, 1.54) is 0 Å². The van der Waals surface area contributed by atoms with Crippen LogP contribution in [0.2, 0.25) is 0 Å². The maximum Gasteiger partial charge on any atom is 0.135 e. The highest BCUT2D eigenvalue weighted by molar-refractivity contribution is 4.59. The predicted molar refractivity (Wildman–Crippen MR) is 32.5 cm³/mol. The lowest BCUT2D eigenvalue weighted by molar-refractivity contribution is 0.303. The zero-order valence-electron chi connectivity index (χ0n) is 5.57. The molecule has 0 amide bonds. The topological polar surface area (TPSA) is 34.0 Å². The van der Waals surface area contributed by atoms with Gasteiger partial charge in [0.25, 0.3) is 0 Å². The molecule has 0 aliphatic heterocycles. The van der Waals surface area contributed by atoms with Gasteiger partial charge < -0.3 is 0 Å². The van der Waals surface area contributed by atoms with Gasteiger partial charge in [0.05, 0.1) is 12.9 Å². The molecular formula is C5H9N4. The molecule has 0 unspecified atom stereocenters. The van der Waals surface area contributed by atoms with E-state index in [0.717, 1.165) is 6.67 Å². The summed E-state index contributed by atoms with van der Waals surface area (Å²) in [6, 6.07) is 0. The first-order chi connectivity index (χ1) is 4.29. The summed E-state index contributed by atoms with van der Waals surface area (Å²) < 4.78 is 1.71. The molecule has 0 fully saturated rings. The standard InChI is InChI=1S/C5H9N4/c1-8(2)5-9-4-3-6-7-9/h4H,5H2,1-2H3. The minimum atomic E-state index is 0.760. The first-order valence-corrected chi connectivity index (χ1v) is 2.70. The zero-order valence-corrected chi connectivity index (χ0v) is 5.57. The van der Waals surface area contributed by atoms with Gasteiger partial charge in [-0.1, -0.05) is 5.21 Å². The third kappa shape index (κ3) is 1.81. The maximum atomic E-state index is 3.73. The molecule has 49 valence electrons. The Morgan fingerprint density at radius 3 is 2.89 bits per heavy atom. The second kappa shape index (κ2) is 2.59. The summed E-state index contributed by atoms with van der Waals surface area (Å²) in [7, 11) is 3.95. The first kappa shape index (κ1) is 6.22. The van der Waals surface area contributed by atoms with Crippen molar-refractivity contribution in [2.24, 2.45) is 0 Å². The molecule has 1 aromatic heterocycles. The maximum absolute atomic E-state index is 3.73. The van der Waals surface area contributed by atoms with E-state index in [1.807, 2.05) is 19.0 Å². The van der Waals surface area contributed by atoms with E-state index in [1.54, 1.807) is 10.9 Å². The molecule has 4 heteroatoms. The molecule has 0 N–H and O–H groups in total. The summed E-state index contributed by atoms with van der Waals surface area (Å²) in [5.74, 6) is 0. The highest BCUT2D eigenvalue weighted by atomic mass is 15.5. The Morgan fingerprint density at radius 2 is 2.44 bits per heavy atom. The molecule has 1 aromatic rings. The third-order valence-electron chi connectivity index (χ3n) is 0.852. The summed E-state index contributed by atoms with van der Waals surface area (Å²) in [5.41, 5.74) is 0. The second-order valence-corrected chi connectivity index (χ2v) is 2.11. The molecule has 4 nitrogen and oxygen atoms in total. The monoisotopic (exact) mass is 125 g/mol. The second-order valence-electron chi connectivity index (χ2n) is 2.11. The molecule has 9 heavy (non-hydrogen) atoms. The highest BCUT2D eigenvalue weighted by Gasteiger charge is 1.90. The van der Waals surface area contributed by atoms with Crippen molar-refractivity contribution >= 4 is 0 Å². The number of rotatable bonds is 2. The fourth-order valence-corrected chi connectivity index (χ4v) is 0.560. The van der Waals surface area contributed by atoms with Crippen molar-refractivity contribution in [1.82, 2.24) is 19.9 Å². The summed E-state index contributed by atoms with van der Waals surface area (Å²) in [4.78, 5) is 2.00. The van der Waals surface area contributed by atoms with Crippen molar-refractivity contribution < 1.29 is 0 Å². The van der Waals surface area contributed by atoms with Gasteiger partial charge in [-0.2, -0.15) is 0 Å². The SMILES string of the molecule is CN(C)Cn1c[c]nn1. The van der Waals surface area contributed by atoms with Crippen molar-refractivity contribution in [2.45, 2.75) is 6.67 Å². The van der Waals surface area contributed by atoms with Crippen molar-refractivity contribution in [3.8, 4) is 0 Å². The Morgan fingerprint density at radius 1 is 1.67 bits per heavy atom. The van der Waals surface area contributed by atoms with Gasteiger partial charge in [-0.15, -0.1) is 5.10 Å². The Bertz CT molecular complexity index is 155. The van der Waals surface area contributed by atoms with Crippen LogP contribution in [-0.4, -0.2) is 34.0 Å². The quantitative estimate of drug-likeness (QED) is 0.539. The number of nitrogens with zero attached hydrogens (tertiary/aromatic N) is 4. The third-order valence-corrected chi connectivity index (χ3v) is 0.852. The fraction of sp³-hybridized carbons (Fsp3) is 0.600. The average molecular weight is 125 g/mol. The molecule has 1 radical (unpaired) electrons. The lowest BCUT2D eigenvalue weighted by Gasteiger charge is -2.06. The molecule has 0 aliphatic rings. The van der Waals surface area contributed by atoms with Gasteiger partial charge in [0, 0.05) is 0 Å². The van der Waals surface area contributed by atoms with E-state index >= 15 is 0 Å². The minimum Gasteiger partial charge on any atom is -0.291 e. The van der Waals surface area contributed by atoms with E-state index in [9.17, 15) is 0 Å². The minimum absolute atomic E-state index is 0.760. The lowest BCUT2D eigenvalue weighted by Crippen LogP contribution is -2.17. The van der Waals surface area contributed by atoms with Crippen molar-refractivity contribution in [3.05, 3.63) is 12.4 Å². The van der Waals surface area contributed by atoms with Crippen molar-refractivity contribution in [3.63, 3.8) is 0 Å². The summed E-state index contributed by atoms with van der Waals surface area (Å²) >= 11 is 0. The molecule has 0 aliphatic carbocycles. The van der Waals surface area contributed by atoms with E-state index in [-0.39, 0.29) is 0 Å². The first-order valence-electron chi connectivity index (χ1n) is 2.70. The Labute approximate surface area is 54.1 Å². The van der Waals surface area contributed by atoms with E-state index < -0.39 is 0 Å². The zero-order chi connectivity index (χ0) is 6.69. The summed E-state index contributed by atoms with van der Waals surface area (Å²) in [5, 5.41) is 7.26. The van der Waals surface area contributed by atoms with Gasteiger partial charge in [0.1, 0.15) is 6.20 Å². The van der Waals surface area contributed by atoms with Crippen LogP contribution in [0.1, 0.15) is 0 Å². The molecule has 0 aromatic carbocycles. The van der Waals surface area contributed by atoms with Crippen LogP contribution in [-0.2, 0) is 6.67 Å². The normalized spacial score (nSPS) is 10.6. The molecule has 0 saturated heterocycles. The van der Waals surface area contributed by atoms with E-state index in [0.29, 0.717) is 0 Å². The van der Waals surface area contributed by atoms with Crippen LogP contribution in [0, 0.1) is 6.20 Å². The number of aromatic nitrogens is 3. The van der Waals surface area contributed by atoms with Gasteiger partial charge in [0.2, 0.25) is 0 Å². The molecule has 0 bridgehead atoms. The van der Waals surface area contributed by atoms with Crippen LogP contribution in [0.5, 0.6) is 0 Å². The molecule has 1 heterocycles. The Kier molecular flexibility index (Phi) is 1.79. The largest absolute Gasteiger partial charge is 0.291 e. The smallest absolute Gasteiger partial charge is 0.135 e. The van der Waals surface area contributed by atoms with Crippen LogP contribution in [0.25, 0.3) is 0 Å². The van der Waals surface area contributed by atoms with Gasteiger partial charge in [-0.3, -0.25) is 4.90 Å². The van der Waals surface area contributed by atoms with Crippen LogP contribution in [0.4, 0.5) is 0 Å². The predicted octanol–water partition coefficient (Wildman–Crippen LogP) is -0.403. The van der Waals surface area contributed by atoms with E-state index in [2.05, 4.69) is 16.5 Å². The Hall–Kier alpha value is -0.900. The van der Waals surface area contributed by atoms with Crippen LogP contribution >= 0.6 is 0 Å². The lowest BCUT2D eigenvalue weighted by atomic mass is 10.8. The molecule has 0 atom stereocenters. The number of hydrogen-bond acceptors (Lipinski definition) is 3. The number of hydrogen-bond donors (Lipinski definition) is 0.